The van der Waals surface area contributed by atoms with Gasteiger partial charge in [0, 0.05) is 0 Å². The number of aryl methyl sites for hydroxylation is 1. The van der Waals surface area contributed by atoms with Crippen LogP contribution in [0.15, 0.2) is 36.4 Å². The van der Waals surface area contributed by atoms with Crippen molar-refractivity contribution in [2.45, 2.75) is 32.8 Å². The number of ether oxygens (including phenoxy) is 1. The molecule has 0 aromatic heterocycles. The quantitative estimate of drug-likeness (QED) is 0.478. The molecule has 0 aliphatic heterocycles. The highest BCUT2D eigenvalue weighted by Crippen LogP contribution is 2.21. The van der Waals surface area contributed by atoms with Gasteiger partial charge in [0.05, 0.1) is 12.2 Å². The van der Waals surface area contributed by atoms with Crippen LogP contribution in [0.3, 0.4) is 0 Å². The molecule has 1 aromatic rings. The van der Waals surface area contributed by atoms with Gasteiger partial charge in [-0.2, -0.15) is 0 Å². The van der Waals surface area contributed by atoms with Gasteiger partial charge in [-0.3, -0.25) is 0 Å². The van der Waals surface area contributed by atoms with Crippen molar-refractivity contribution in [3.8, 4) is 0 Å². The largest absolute Gasteiger partial charge is 0.462 e. The lowest BCUT2D eigenvalue weighted by molar-refractivity contribution is -0.140. The van der Waals surface area contributed by atoms with E-state index < -0.39 is 12.1 Å². The molecule has 1 aromatic carbocycles. The van der Waals surface area contributed by atoms with Crippen LogP contribution in [0, 0.1) is 6.92 Å². The number of carbonyl (C=O) groups is 1. The molecule has 0 aliphatic rings. The van der Waals surface area contributed by atoms with E-state index in [1.165, 1.54) is 0 Å². The standard InChI is InChI=1S/C15H20O3/c1-4-5-10-18-15(17)12(3)14(16)13-8-6-11(2)7-9-13/h6-9,14,16H,3-5,10H2,1-2H3. The van der Waals surface area contributed by atoms with Crippen LogP contribution >= 0.6 is 0 Å². The Kier molecular flexibility index (Phi) is 5.59. The van der Waals surface area contributed by atoms with E-state index >= 15 is 0 Å². The summed E-state index contributed by atoms with van der Waals surface area (Å²) in [5.41, 5.74) is 1.83. The van der Waals surface area contributed by atoms with Crippen molar-refractivity contribution in [1.82, 2.24) is 0 Å². The van der Waals surface area contributed by atoms with E-state index in [0.29, 0.717) is 12.2 Å². The predicted octanol–water partition coefficient (Wildman–Crippen LogP) is 2.93. The van der Waals surface area contributed by atoms with Crippen LogP contribution in [-0.2, 0) is 9.53 Å². The molecule has 18 heavy (non-hydrogen) atoms. The van der Waals surface area contributed by atoms with Gasteiger partial charge in [0.2, 0.25) is 0 Å². The first kappa shape index (κ1) is 14.5. The zero-order valence-electron chi connectivity index (χ0n) is 11.0. The molecule has 0 bridgehead atoms. The Morgan fingerprint density at radius 3 is 2.56 bits per heavy atom. The number of benzene rings is 1. The number of aliphatic hydroxyl groups is 1. The Balaban J connectivity index is 2.60. The smallest absolute Gasteiger partial charge is 0.336 e. The summed E-state index contributed by atoms with van der Waals surface area (Å²) >= 11 is 0. The second-order valence-electron chi connectivity index (χ2n) is 4.33. The summed E-state index contributed by atoms with van der Waals surface area (Å²) in [6.07, 6.45) is 0.777. The molecule has 0 fully saturated rings. The molecular weight excluding hydrogens is 228 g/mol. The number of unbranched alkanes of at least 4 members (excludes halogenated alkanes) is 1. The second kappa shape index (κ2) is 6.97. The highest BCUT2D eigenvalue weighted by atomic mass is 16.5. The van der Waals surface area contributed by atoms with Gasteiger partial charge in [0.25, 0.3) is 0 Å². The molecule has 1 unspecified atom stereocenters. The molecule has 1 atom stereocenters. The molecule has 0 aliphatic carbocycles. The molecule has 98 valence electrons. The Labute approximate surface area is 108 Å². The average molecular weight is 248 g/mol. The first-order chi connectivity index (χ1) is 8.56. The lowest BCUT2D eigenvalue weighted by Crippen LogP contribution is -2.14. The van der Waals surface area contributed by atoms with Crippen LogP contribution in [0.2, 0.25) is 0 Å². The van der Waals surface area contributed by atoms with Gasteiger partial charge < -0.3 is 9.84 Å². The normalized spacial score (nSPS) is 11.9. The first-order valence-electron chi connectivity index (χ1n) is 6.16. The zero-order valence-corrected chi connectivity index (χ0v) is 11.0. The molecule has 0 amide bonds. The molecule has 3 heteroatoms. The molecule has 0 saturated carbocycles. The number of rotatable bonds is 6. The third-order valence-corrected chi connectivity index (χ3v) is 2.72. The van der Waals surface area contributed by atoms with Crippen LogP contribution < -0.4 is 0 Å². The van der Waals surface area contributed by atoms with E-state index in [-0.39, 0.29) is 5.57 Å². The maximum absolute atomic E-state index is 11.6. The van der Waals surface area contributed by atoms with E-state index in [2.05, 4.69) is 6.58 Å². The summed E-state index contributed by atoms with van der Waals surface area (Å²) in [6.45, 7) is 7.96. The minimum Gasteiger partial charge on any atom is -0.462 e. The SMILES string of the molecule is C=C(C(=O)OCCCC)C(O)c1ccc(C)cc1. The van der Waals surface area contributed by atoms with Crippen molar-refractivity contribution < 1.29 is 14.6 Å². The van der Waals surface area contributed by atoms with Crippen molar-refractivity contribution in [2.24, 2.45) is 0 Å². The molecule has 3 nitrogen and oxygen atoms in total. The summed E-state index contributed by atoms with van der Waals surface area (Å²) in [7, 11) is 0. The summed E-state index contributed by atoms with van der Waals surface area (Å²) in [5, 5.41) is 10.0. The molecular formula is C15H20O3. The minimum absolute atomic E-state index is 0.0787. The summed E-state index contributed by atoms with van der Waals surface area (Å²) in [6, 6.07) is 7.33. The zero-order chi connectivity index (χ0) is 13.5. The van der Waals surface area contributed by atoms with Crippen molar-refractivity contribution in [1.29, 1.82) is 0 Å². The molecule has 0 radical (unpaired) electrons. The monoisotopic (exact) mass is 248 g/mol. The van der Waals surface area contributed by atoms with E-state index in [0.717, 1.165) is 18.4 Å². The predicted molar refractivity (Wildman–Crippen MR) is 71.1 cm³/mol. The van der Waals surface area contributed by atoms with Crippen LogP contribution in [0.1, 0.15) is 37.0 Å². The Hall–Kier alpha value is -1.61. The maximum Gasteiger partial charge on any atom is 0.336 e. The summed E-state index contributed by atoms with van der Waals surface area (Å²) < 4.78 is 5.01. The summed E-state index contributed by atoms with van der Waals surface area (Å²) in [4.78, 5) is 11.6. The van der Waals surface area contributed by atoms with Crippen LogP contribution in [0.4, 0.5) is 0 Å². The third-order valence-electron chi connectivity index (χ3n) is 2.72. The maximum atomic E-state index is 11.6. The Morgan fingerprint density at radius 2 is 2.00 bits per heavy atom. The third kappa shape index (κ3) is 4.00. The highest BCUT2D eigenvalue weighted by Gasteiger charge is 2.19. The molecule has 1 rings (SSSR count). The second-order valence-corrected chi connectivity index (χ2v) is 4.33. The van der Waals surface area contributed by atoms with Crippen molar-refractivity contribution >= 4 is 5.97 Å². The van der Waals surface area contributed by atoms with E-state index in [4.69, 9.17) is 4.74 Å². The first-order valence-corrected chi connectivity index (χ1v) is 6.16. The molecule has 1 N–H and O–H groups in total. The van der Waals surface area contributed by atoms with Gasteiger partial charge in [-0.1, -0.05) is 49.8 Å². The fourth-order valence-electron chi connectivity index (χ4n) is 1.46. The van der Waals surface area contributed by atoms with Gasteiger partial charge in [-0.15, -0.1) is 0 Å². The van der Waals surface area contributed by atoms with E-state index in [9.17, 15) is 9.90 Å². The van der Waals surface area contributed by atoms with Gasteiger partial charge in [0.1, 0.15) is 6.10 Å². The van der Waals surface area contributed by atoms with Gasteiger partial charge in [-0.05, 0) is 18.9 Å². The number of esters is 1. The van der Waals surface area contributed by atoms with E-state index in [1.54, 1.807) is 12.1 Å². The minimum atomic E-state index is -1.00. The highest BCUT2D eigenvalue weighted by molar-refractivity contribution is 5.89. The summed E-state index contributed by atoms with van der Waals surface area (Å²) in [5.74, 6) is -0.531. The number of aliphatic hydroxyl groups excluding tert-OH is 1. The van der Waals surface area contributed by atoms with Gasteiger partial charge in [0.15, 0.2) is 0 Å². The Morgan fingerprint density at radius 1 is 1.39 bits per heavy atom. The average Bonchev–Trinajstić information content (AvgIpc) is 2.38. The number of hydrogen-bond acceptors (Lipinski definition) is 3. The fourth-order valence-corrected chi connectivity index (χ4v) is 1.46. The van der Waals surface area contributed by atoms with Gasteiger partial charge in [-0.25, -0.2) is 4.79 Å². The van der Waals surface area contributed by atoms with Crippen LogP contribution in [-0.4, -0.2) is 17.7 Å². The van der Waals surface area contributed by atoms with Crippen LogP contribution in [0.5, 0.6) is 0 Å². The number of carbonyl (C=O) groups excluding carboxylic acids is 1. The Bertz CT molecular complexity index is 406. The molecule has 0 spiro atoms. The fraction of sp³-hybridized carbons (Fsp3) is 0.400. The molecule has 0 heterocycles. The molecule has 0 saturated heterocycles. The van der Waals surface area contributed by atoms with Crippen LogP contribution in [0.25, 0.3) is 0 Å². The van der Waals surface area contributed by atoms with Crippen molar-refractivity contribution in [2.75, 3.05) is 6.61 Å². The lowest BCUT2D eigenvalue weighted by atomic mass is 10.0. The van der Waals surface area contributed by atoms with Crippen molar-refractivity contribution in [3.05, 3.63) is 47.5 Å². The van der Waals surface area contributed by atoms with Gasteiger partial charge >= 0.3 is 5.97 Å². The van der Waals surface area contributed by atoms with Crippen molar-refractivity contribution in [3.63, 3.8) is 0 Å². The number of hydrogen-bond donors (Lipinski definition) is 1. The lowest BCUT2D eigenvalue weighted by Gasteiger charge is -2.13. The van der Waals surface area contributed by atoms with E-state index in [1.807, 2.05) is 26.0 Å². The topological polar surface area (TPSA) is 46.5 Å².